The van der Waals surface area contributed by atoms with E-state index in [0.717, 1.165) is 50.7 Å². The standard InChI is InChI=1S/C16H21N5O/c1-14-18-17-13-21(14)12-9-19-7-10-20(11-8-19)16(22)15-5-3-2-4-6-15/h2-6,13H,7-12H2,1H3. The van der Waals surface area contributed by atoms with E-state index in [4.69, 9.17) is 0 Å². The second-order valence-electron chi connectivity index (χ2n) is 5.57. The molecule has 1 aliphatic heterocycles. The normalized spacial score (nSPS) is 16.0. The largest absolute Gasteiger partial charge is 0.336 e. The number of carbonyl (C=O) groups excluding carboxylic acids is 1. The van der Waals surface area contributed by atoms with Crippen LogP contribution in [-0.4, -0.2) is 63.2 Å². The third kappa shape index (κ3) is 3.33. The van der Waals surface area contributed by atoms with E-state index in [2.05, 4.69) is 19.7 Å². The second kappa shape index (κ2) is 6.70. The highest BCUT2D eigenvalue weighted by atomic mass is 16.2. The molecular weight excluding hydrogens is 278 g/mol. The first-order chi connectivity index (χ1) is 10.7. The summed E-state index contributed by atoms with van der Waals surface area (Å²) in [5.41, 5.74) is 0.774. The Hall–Kier alpha value is -2.21. The summed E-state index contributed by atoms with van der Waals surface area (Å²) in [5.74, 6) is 1.08. The fourth-order valence-electron chi connectivity index (χ4n) is 2.72. The van der Waals surface area contributed by atoms with Crippen LogP contribution in [0.15, 0.2) is 36.7 Å². The molecule has 0 bridgehead atoms. The first kappa shape index (κ1) is 14.7. The molecule has 2 aromatic rings. The smallest absolute Gasteiger partial charge is 0.253 e. The second-order valence-corrected chi connectivity index (χ2v) is 5.57. The molecule has 2 heterocycles. The lowest BCUT2D eigenvalue weighted by atomic mass is 10.2. The lowest BCUT2D eigenvalue weighted by Crippen LogP contribution is -2.49. The molecule has 116 valence electrons. The Bertz CT molecular complexity index is 616. The molecule has 1 saturated heterocycles. The van der Waals surface area contributed by atoms with Crippen LogP contribution in [-0.2, 0) is 6.54 Å². The van der Waals surface area contributed by atoms with Crippen LogP contribution in [0.25, 0.3) is 0 Å². The van der Waals surface area contributed by atoms with Crippen LogP contribution in [0.5, 0.6) is 0 Å². The van der Waals surface area contributed by atoms with Crippen LogP contribution in [0.4, 0.5) is 0 Å². The number of nitrogens with zero attached hydrogens (tertiary/aromatic N) is 5. The molecule has 6 nitrogen and oxygen atoms in total. The predicted molar refractivity (Wildman–Crippen MR) is 83.5 cm³/mol. The summed E-state index contributed by atoms with van der Waals surface area (Å²) < 4.78 is 2.06. The minimum Gasteiger partial charge on any atom is -0.336 e. The Kier molecular flexibility index (Phi) is 4.48. The number of benzene rings is 1. The molecule has 0 unspecified atom stereocenters. The Balaban J connectivity index is 1.48. The summed E-state index contributed by atoms with van der Waals surface area (Å²) >= 11 is 0. The Labute approximate surface area is 130 Å². The average molecular weight is 299 g/mol. The molecule has 1 amide bonds. The molecule has 22 heavy (non-hydrogen) atoms. The summed E-state index contributed by atoms with van der Waals surface area (Å²) in [6.07, 6.45) is 1.77. The minimum absolute atomic E-state index is 0.134. The first-order valence-corrected chi connectivity index (χ1v) is 7.65. The highest BCUT2D eigenvalue weighted by Crippen LogP contribution is 2.09. The van der Waals surface area contributed by atoms with Crippen molar-refractivity contribution >= 4 is 5.91 Å². The van der Waals surface area contributed by atoms with Gasteiger partial charge in [-0.15, -0.1) is 10.2 Å². The van der Waals surface area contributed by atoms with Crippen molar-refractivity contribution in [2.45, 2.75) is 13.5 Å². The van der Waals surface area contributed by atoms with Gasteiger partial charge in [0.25, 0.3) is 5.91 Å². The zero-order valence-electron chi connectivity index (χ0n) is 12.9. The van der Waals surface area contributed by atoms with Crippen LogP contribution in [0.1, 0.15) is 16.2 Å². The maximum absolute atomic E-state index is 12.4. The molecule has 1 aromatic heterocycles. The maximum atomic E-state index is 12.4. The van der Waals surface area contributed by atoms with E-state index in [1.54, 1.807) is 6.33 Å². The topological polar surface area (TPSA) is 54.3 Å². The van der Waals surface area contributed by atoms with Gasteiger partial charge in [-0.25, -0.2) is 0 Å². The van der Waals surface area contributed by atoms with Crippen LogP contribution in [0, 0.1) is 6.92 Å². The van der Waals surface area contributed by atoms with E-state index >= 15 is 0 Å². The van der Waals surface area contributed by atoms with E-state index in [0.29, 0.717) is 0 Å². The average Bonchev–Trinajstić information content (AvgIpc) is 2.99. The number of aryl methyl sites for hydroxylation is 1. The molecule has 0 saturated carbocycles. The number of piperazine rings is 1. The molecule has 6 heteroatoms. The number of carbonyl (C=O) groups is 1. The van der Waals surface area contributed by atoms with Gasteiger partial charge in [-0.2, -0.15) is 0 Å². The van der Waals surface area contributed by atoms with Gasteiger partial charge in [0.05, 0.1) is 0 Å². The van der Waals surface area contributed by atoms with Crippen molar-refractivity contribution in [3.8, 4) is 0 Å². The number of hydrogen-bond acceptors (Lipinski definition) is 4. The van der Waals surface area contributed by atoms with Crippen molar-refractivity contribution in [2.24, 2.45) is 0 Å². The first-order valence-electron chi connectivity index (χ1n) is 7.65. The Morgan fingerprint density at radius 3 is 2.45 bits per heavy atom. The molecule has 3 rings (SSSR count). The minimum atomic E-state index is 0.134. The molecule has 1 aliphatic rings. The number of amides is 1. The van der Waals surface area contributed by atoms with Gasteiger partial charge in [0.1, 0.15) is 12.2 Å². The van der Waals surface area contributed by atoms with E-state index in [1.807, 2.05) is 42.2 Å². The van der Waals surface area contributed by atoms with Gasteiger partial charge in [-0.05, 0) is 19.1 Å². The van der Waals surface area contributed by atoms with Gasteiger partial charge in [0.2, 0.25) is 0 Å². The monoisotopic (exact) mass is 299 g/mol. The summed E-state index contributed by atoms with van der Waals surface area (Å²) in [6.45, 7) is 7.23. The van der Waals surface area contributed by atoms with E-state index in [1.165, 1.54) is 0 Å². The van der Waals surface area contributed by atoms with Crippen molar-refractivity contribution < 1.29 is 4.79 Å². The molecule has 0 aliphatic carbocycles. The fraction of sp³-hybridized carbons (Fsp3) is 0.438. The molecule has 0 radical (unpaired) electrons. The number of aromatic nitrogens is 3. The highest BCUT2D eigenvalue weighted by Gasteiger charge is 2.21. The third-order valence-electron chi connectivity index (χ3n) is 4.15. The van der Waals surface area contributed by atoms with Crippen molar-refractivity contribution in [1.29, 1.82) is 0 Å². The zero-order chi connectivity index (χ0) is 15.4. The van der Waals surface area contributed by atoms with Crippen LogP contribution in [0.3, 0.4) is 0 Å². The number of hydrogen-bond donors (Lipinski definition) is 0. The van der Waals surface area contributed by atoms with Gasteiger partial charge >= 0.3 is 0 Å². The Morgan fingerprint density at radius 2 is 1.82 bits per heavy atom. The molecule has 1 aromatic carbocycles. The van der Waals surface area contributed by atoms with Crippen molar-refractivity contribution in [2.75, 3.05) is 32.7 Å². The van der Waals surface area contributed by atoms with Gasteiger partial charge in [0, 0.05) is 44.8 Å². The summed E-state index contributed by atoms with van der Waals surface area (Å²) in [5, 5.41) is 7.89. The SMILES string of the molecule is Cc1nncn1CCN1CCN(C(=O)c2ccccc2)CC1. The molecular formula is C16H21N5O. The Morgan fingerprint density at radius 1 is 1.09 bits per heavy atom. The molecule has 0 spiro atoms. The van der Waals surface area contributed by atoms with Crippen molar-refractivity contribution in [3.05, 3.63) is 48.0 Å². The molecule has 0 atom stereocenters. The van der Waals surface area contributed by atoms with Crippen LogP contribution in [0.2, 0.25) is 0 Å². The fourth-order valence-corrected chi connectivity index (χ4v) is 2.72. The van der Waals surface area contributed by atoms with E-state index in [-0.39, 0.29) is 5.91 Å². The van der Waals surface area contributed by atoms with E-state index < -0.39 is 0 Å². The summed E-state index contributed by atoms with van der Waals surface area (Å²) in [7, 11) is 0. The van der Waals surface area contributed by atoms with Gasteiger partial charge in [0.15, 0.2) is 0 Å². The van der Waals surface area contributed by atoms with Crippen LogP contribution < -0.4 is 0 Å². The van der Waals surface area contributed by atoms with Gasteiger partial charge in [-0.1, -0.05) is 18.2 Å². The highest BCUT2D eigenvalue weighted by molar-refractivity contribution is 5.94. The van der Waals surface area contributed by atoms with E-state index in [9.17, 15) is 4.79 Å². The lowest BCUT2D eigenvalue weighted by Gasteiger charge is -2.34. The van der Waals surface area contributed by atoms with Gasteiger partial charge in [-0.3, -0.25) is 9.69 Å². The van der Waals surface area contributed by atoms with Crippen molar-refractivity contribution in [1.82, 2.24) is 24.6 Å². The zero-order valence-corrected chi connectivity index (χ0v) is 12.9. The summed E-state index contributed by atoms with van der Waals surface area (Å²) in [4.78, 5) is 16.7. The maximum Gasteiger partial charge on any atom is 0.253 e. The number of rotatable bonds is 4. The molecule has 0 N–H and O–H groups in total. The quantitative estimate of drug-likeness (QED) is 0.846. The van der Waals surface area contributed by atoms with Crippen molar-refractivity contribution in [3.63, 3.8) is 0 Å². The summed E-state index contributed by atoms with van der Waals surface area (Å²) in [6, 6.07) is 9.50. The lowest BCUT2D eigenvalue weighted by molar-refractivity contribution is 0.0633. The predicted octanol–water partition coefficient (Wildman–Crippen LogP) is 1.04. The van der Waals surface area contributed by atoms with Gasteiger partial charge < -0.3 is 9.47 Å². The molecule has 1 fully saturated rings. The third-order valence-corrected chi connectivity index (χ3v) is 4.15. The van der Waals surface area contributed by atoms with Crippen LogP contribution >= 0.6 is 0 Å².